The van der Waals surface area contributed by atoms with E-state index in [9.17, 15) is 4.79 Å². The number of ether oxygens (including phenoxy) is 2. The Labute approximate surface area is 152 Å². The second-order valence-electron chi connectivity index (χ2n) is 5.80. The number of aromatic nitrogens is 1. The molecule has 0 unspecified atom stereocenters. The molecule has 1 N–H and O–H groups in total. The second-order valence-corrected chi connectivity index (χ2v) is 5.80. The highest BCUT2D eigenvalue weighted by Gasteiger charge is 2.09. The summed E-state index contributed by atoms with van der Waals surface area (Å²) in [4.78, 5) is 12.3. The summed E-state index contributed by atoms with van der Waals surface area (Å²) in [6.07, 6.45) is 1.90. The van der Waals surface area contributed by atoms with Crippen LogP contribution in [0.3, 0.4) is 0 Å². The van der Waals surface area contributed by atoms with Crippen LogP contribution >= 0.6 is 0 Å². The van der Waals surface area contributed by atoms with Crippen molar-refractivity contribution in [3.8, 4) is 11.5 Å². The number of hydrogen-bond acceptors (Lipinski definition) is 4. The number of nitrogens with one attached hydrogen (secondary N) is 1. The number of fused-ring (bicyclic) bond motifs is 1. The van der Waals surface area contributed by atoms with Crippen LogP contribution in [0.4, 0.5) is 0 Å². The summed E-state index contributed by atoms with van der Waals surface area (Å²) in [5, 5.41) is 5.30. The maximum absolute atomic E-state index is 12.3. The van der Waals surface area contributed by atoms with Crippen LogP contribution in [0.25, 0.3) is 10.9 Å². The lowest BCUT2D eigenvalue weighted by molar-refractivity contribution is -0.121. The van der Waals surface area contributed by atoms with Gasteiger partial charge in [0.05, 0.1) is 19.9 Å². The summed E-state index contributed by atoms with van der Waals surface area (Å²) < 4.78 is 12.5. The van der Waals surface area contributed by atoms with Gasteiger partial charge in [0.25, 0.3) is 5.91 Å². The Kier molecular flexibility index (Phi) is 5.22. The summed E-state index contributed by atoms with van der Waals surface area (Å²) in [7, 11) is 3.18. The number of nitrogens with zero attached hydrogens (tertiary/aromatic N) is 2. The quantitative estimate of drug-likeness (QED) is 0.548. The molecule has 0 aliphatic carbocycles. The van der Waals surface area contributed by atoms with Crippen molar-refractivity contribution in [1.82, 2.24) is 9.99 Å². The van der Waals surface area contributed by atoms with E-state index in [2.05, 4.69) is 10.5 Å². The second kappa shape index (κ2) is 7.74. The molecule has 6 nitrogen and oxygen atoms in total. The molecule has 26 heavy (non-hydrogen) atoms. The number of hydrogen-bond donors (Lipinski definition) is 1. The monoisotopic (exact) mass is 351 g/mol. The van der Waals surface area contributed by atoms with Gasteiger partial charge in [-0.1, -0.05) is 18.2 Å². The van der Waals surface area contributed by atoms with E-state index in [1.54, 1.807) is 20.3 Å². The van der Waals surface area contributed by atoms with Gasteiger partial charge >= 0.3 is 0 Å². The maximum Gasteiger partial charge on any atom is 0.259 e. The molecule has 0 saturated heterocycles. The highest BCUT2D eigenvalue weighted by atomic mass is 16.5. The largest absolute Gasteiger partial charge is 0.497 e. The lowest BCUT2D eigenvalue weighted by Crippen LogP contribution is -2.24. The molecule has 0 aliphatic rings. The van der Waals surface area contributed by atoms with Gasteiger partial charge < -0.3 is 14.0 Å². The van der Waals surface area contributed by atoms with E-state index in [1.165, 1.54) is 0 Å². The zero-order valence-corrected chi connectivity index (χ0v) is 15.0. The number of benzene rings is 2. The molecule has 6 heteroatoms. The maximum atomic E-state index is 12.3. The fourth-order valence-electron chi connectivity index (χ4n) is 2.77. The Bertz CT molecular complexity index is 960. The molecule has 0 spiro atoms. The van der Waals surface area contributed by atoms with Gasteiger partial charge in [0.1, 0.15) is 18.0 Å². The SMILES string of the molecule is COc1ccc(/C(C)=N/NC(=O)Cn2ccc3ccccc32)c(OC)c1. The summed E-state index contributed by atoms with van der Waals surface area (Å²) in [6.45, 7) is 2.01. The number of carbonyl (C=O) groups is 1. The van der Waals surface area contributed by atoms with E-state index in [0.29, 0.717) is 17.2 Å². The van der Waals surface area contributed by atoms with Gasteiger partial charge in [0.15, 0.2) is 0 Å². The first kappa shape index (κ1) is 17.5. The molecule has 134 valence electrons. The predicted octanol–water partition coefficient (Wildman–Crippen LogP) is 3.20. The molecule has 0 atom stereocenters. The van der Waals surface area contributed by atoms with E-state index in [4.69, 9.17) is 9.47 Å². The molecular formula is C20H21N3O3. The van der Waals surface area contributed by atoms with Crippen LogP contribution in [0.5, 0.6) is 11.5 Å². The number of amides is 1. The van der Waals surface area contributed by atoms with E-state index in [1.807, 2.05) is 60.2 Å². The molecule has 3 rings (SSSR count). The Morgan fingerprint density at radius 2 is 1.92 bits per heavy atom. The molecule has 0 saturated carbocycles. The van der Waals surface area contributed by atoms with Crippen molar-refractivity contribution in [1.29, 1.82) is 0 Å². The summed E-state index contributed by atoms with van der Waals surface area (Å²) >= 11 is 0. The van der Waals surface area contributed by atoms with E-state index in [-0.39, 0.29) is 12.5 Å². The Balaban J connectivity index is 1.71. The van der Waals surface area contributed by atoms with Gasteiger partial charge in [0, 0.05) is 23.3 Å². The van der Waals surface area contributed by atoms with Crippen LogP contribution < -0.4 is 14.9 Å². The van der Waals surface area contributed by atoms with Gasteiger partial charge in [-0.05, 0) is 36.6 Å². The molecule has 0 aliphatic heterocycles. The fraction of sp³-hybridized carbons (Fsp3) is 0.200. The molecule has 1 amide bonds. The molecule has 0 radical (unpaired) electrons. The van der Waals surface area contributed by atoms with Crippen LogP contribution in [0, 0.1) is 0 Å². The number of carbonyl (C=O) groups excluding carboxylic acids is 1. The minimum Gasteiger partial charge on any atom is -0.497 e. The van der Waals surface area contributed by atoms with E-state index >= 15 is 0 Å². The van der Waals surface area contributed by atoms with Crippen LogP contribution in [0.15, 0.2) is 59.8 Å². The Hall–Kier alpha value is -3.28. The first-order valence-electron chi connectivity index (χ1n) is 8.22. The van der Waals surface area contributed by atoms with Gasteiger partial charge in [-0.15, -0.1) is 0 Å². The number of para-hydroxylation sites is 1. The van der Waals surface area contributed by atoms with Crippen LogP contribution in [0.2, 0.25) is 0 Å². The van der Waals surface area contributed by atoms with Gasteiger partial charge in [-0.3, -0.25) is 4.79 Å². The highest BCUT2D eigenvalue weighted by molar-refractivity contribution is 6.01. The van der Waals surface area contributed by atoms with Crippen molar-refractivity contribution in [2.75, 3.05) is 14.2 Å². The molecule has 1 aromatic heterocycles. The van der Waals surface area contributed by atoms with Crippen LogP contribution in [0.1, 0.15) is 12.5 Å². The fourth-order valence-corrected chi connectivity index (χ4v) is 2.77. The first-order chi connectivity index (χ1) is 12.6. The molecule has 1 heterocycles. The molecular weight excluding hydrogens is 330 g/mol. The number of rotatable bonds is 6. The van der Waals surface area contributed by atoms with Crippen LogP contribution in [-0.4, -0.2) is 30.4 Å². The third kappa shape index (κ3) is 3.69. The van der Waals surface area contributed by atoms with Crippen molar-refractivity contribution in [2.45, 2.75) is 13.5 Å². The third-order valence-electron chi connectivity index (χ3n) is 4.14. The topological polar surface area (TPSA) is 64.8 Å². The lowest BCUT2D eigenvalue weighted by atomic mass is 10.1. The van der Waals surface area contributed by atoms with Crippen molar-refractivity contribution < 1.29 is 14.3 Å². The first-order valence-corrected chi connectivity index (χ1v) is 8.22. The molecule has 0 fully saturated rings. The summed E-state index contributed by atoms with van der Waals surface area (Å²) in [5.41, 5.74) is 5.06. The van der Waals surface area contributed by atoms with Crippen molar-refractivity contribution in [2.24, 2.45) is 5.10 Å². The van der Waals surface area contributed by atoms with Gasteiger partial charge in [-0.2, -0.15) is 5.10 Å². The zero-order chi connectivity index (χ0) is 18.5. The summed E-state index contributed by atoms with van der Waals surface area (Å²) in [6, 6.07) is 15.4. The normalized spacial score (nSPS) is 11.4. The smallest absolute Gasteiger partial charge is 0.259 e. The predicted molar refractivity (Wildman–Crippen MR) is 102 cm³/mol. The van der Waals surface area contributed by atoms with Crippen LogP contribution in [-0.2, 0) is 11.3 Å². The van der Waals surface area contributed by atoms with E-state index in [0.717, 1.165) is 16.5 Å². The minimum atomic E-state index is -0.196. The zero-order valence-electron chi connectivity index (χ0n) is 15.0. The van der Waals surface area contributed by atoms with Gasteiger partial charge in [-0.25, -0.2) is 5.43 Å². The molecule has 0 bridgehead atoms. The van der Waals surface area contributed by atoms with E-state index < -0.39 is 0 Å². The van der Waals surface area contributed by atoms with Crippen molar-refractivity contribution >= 4 is 22.5 Å². The average molecular weight is 351 g/mol. The molecule has 2 aromatic carbocycles. The Morgan fingerprint density at radius 1 is 1.12 bits per heavy atom. The van der Waals surface area contributed by atoms with Crippen molar-refractivity contribution in [3.05, 3.63) is 60.3 Å². The van der Waals surface area contributed by atoms with Gasteiger partial charge in [0.2, 0.25) is 0 Å². The number of hydrazone groups is 1. The third-order valence-corrected chi connectivity index (χ3v) is 4.14. The highest BCUT2D eigenvalue weighted by Crippen LogP contribution is 2.25. The Morgan fingerprint density at radius 3 is 2.69 bits per heavy atom. The minimum absolute atomic E-state index is 0.196. The molecule has 3 aromatic rings. The van der Waals surface area contributed by atoms with Crippen molar-refractivity contribution in [3.63, 3.8) is 0 Å². The number of methoxy groups -OCH3 is 2. The standard InChI is InChI=1S/C20H21N3O3/c1-14(17-9-8-16(25-2)12-19(17)26-3)21-22-20(24)13-23-11-10-15-6-4-5-7-18(15)23/h4-12H,13H2,1-3H3,(H,22,24)/b21-14+. The summed E-state index contributed by atoms with van der Waals surface area (Å²) in [5.74, 6) is 1.14. The average Bonchev–Trinajstić information content (AvgIpc) is 3.08. The lowest BCUT2D eigenvalue weighted by Gasteiger charge is -2.10.